The first kappa shape index (κ1) is 12.5. The molecular weight excluding hydrogens is 259 g/mol. The van der Waals surface area contributed by atoms with Crippen molar-refractivity contribution in [2.24, 2.45) is 5.84 Å². The topological polar surface area (TPSA) is 38.0 Å². The number of thiophene rings is 1. The first-order valence-corrected chi connectivity index (χ1v) is 6.40. The third-order valence-corrected chi connectivity index (χ3v) is 3.75. The lowest BCUT2D eigenvalue weighted by Gasteiger charge is -2.16. The van der Waals surface area contributed by atoms with E-state index in [0.717, 1.165) is 12.0 Å². The van der Waals surface area contributed by atoms with Crippen molar-refractivity contribution in [2.45, 2.75) is 12.5 Å². The second-order valence-electron chi connectivity index (χ2n) is 3.67. The Balaban J connectivity index is 2.23. The molecule has 0 bridgehead atoms. The molecule has 0 aliphatic heterocycles. The smallest absolute Gasteiger partial charge is 0.124 e. The fourth-order valence-corrected chi connectivity index (χ4v) is 2.72. The molecule has 1 heterocycles. The Morgan fingerprint density at radius 3 is 2.82 bits per heavy atom. The number of hydrogen-bond donors (Lipinski definition) is 2. The van der Waals surface area contributed by atoms with E-state index in [4.69, 9.17) is 17.4 Å². The average Bonchev–Trinajstić information content (AvgIpc) is 2.79. The molecule has 2 rings (SSSR count). The van der Waals surface area contributed by atoms with Crippen LogP contribution in [0.3, 0.4) is 0 Å². The van der Waals surface area contributed by atoms with E-state index in [1.807, 2.05) is 17.5 Å². The summed E-state index contributed by atoms with van der Waals surface area (Å²) in [5.41, 5.74) is 3.53. The largest absolute Gasteiger partial charge is 0.271 e. The molecule has 0 saturated heterocycles. The van der Waals surface area contributed by atoms with Gasteiger partial charge in [0.1, 0.15) is 5.82 Å². The van der Waals surface area contributed by atoms with E-state index in [0.29, 0.717) is 5.02 Å². The number of nitrogens with two attached hydrogens (primary N) is 1. The fourth-order valence-electron chi connectivity index (χ4n) is 1.67. The van der Waals surface area contributed by atoms with Crippen molar-refractivity contribution in [3.63, 3.8) is 0 Å². The number of rotatable bonds is 4. The van der Waals surface area contributed by atoms with E-state index in [-0.39, 0.29) is 11.9 Å². The van der Waals surface area contributed by atoms with Gasteiger partial charge in [0.05, 0.1) is 6.04 Å². The van der Waals surface area contributed by atoms with Crippen LogP contribution in [0.1, 0.15) is 16.5 Å². The van der Waals surface area contributed by atoms with Crippen molar-refractivity contribution in [2.75, 3.05) is 0 Å². The third kappa shape index (κ3) is 3.04. The summed E-state index contributed by atoms with van der Waals surface area (Å²) in [6.07, 6.45) is 0.736. The molecule has 0 aliphatic carbocycles. The Kier molecular flexibility index (Phi) is 4.12. The van der Waals surface area contributed by atoms with Gasteiger partial charge in [-0.1, -0.05) is 23.7 Å². The Morgan fingerprint density at radius 1 is 1.41 bits per heavy atom. The van der Waals surface area contributed by atoms with E-state index >= 15 is 0 Å². The highest BCUT2D eigenvalue weighted by molar-refractivity contribution is 7.09. The van der Waals surface area contributed by atoms with Crippen LogP contribution in [-0.4, -0.2) is 0 Å². The van der Waals surface area contributed by atoms with Crippen LogP contribution >= 0.6 is 22.9 Å². The summed E-state index contributed by atoms with van der Waals surface area (Å²) in [6.45, 7) is 0. The minimum atomic E-state index is -0.342. The maximum atomic E-state index is 13.0. The minimum Gasteiger partial charge on any atom is -0.271 e. The Hall–Kier alpha value is -0.940. The van der Waals surface area contributed by atoms with Gasteiger partial charge in [0.2, 0.25) is 0 Å². The molecular formula is C12H12ClFN2S. The van der Waals surface area contributed by atoms with Crippen molar-refractivity contribution < 1.29 is 4.39 Å². The molecule has 0 saturated carbocycles. The van der Waals surface area contributed by atoms with E-state index in [1.54, 1.807) is 17.4 Å². The molecule has 0 fully saturated rings. The zero-order valence-corrected chi connectivity index (χ0v) is 10.6. The molecule has 0 amide bonds. The van der Waals surface area contributed by atoms with Crippen molar-refractivity contribution in [3.05, 3.63) is 57.0 Å². The average molecular weight is 271 g/mol. The summed E-state index contributed by atoms with van der Waals surface area (Å²) in [4.78, 5) is 1.20. The Labute approximate surface area is 108 Å². The van der Waals surface area contributed by atoms with Gasteiger partial charge in [-0.25, -0.2) is 4.39 Å². The Morgan fingerprint density at radius 2 is 2.24 bits per heavy atom. The van der Waals surface area contributed by atoms with Gasteiger partial charge in [-0.2, -0.15) is 0 Å². The molecule has 3 N–H and O–H groups in total. The van der Waals surface area contributed by atoms with Gasteiger partial charge in [0.25, 0.3) is 0 Å². The van der Waals surface area contributed by atoms with Crippen molar-refractivity contribution in [3.8, 4) is 0 Å². The van der Waals surface area contributed by atoms with E-state index in [9.17, 15) is 4.39 Å². The van der Waals surface area contributed by atoms with E-state index < -0.39 is 0 Å². The molecule has 0 radical (unpaired) electrons. The van der Waals surface area contributed by atoms with Gasteiger partial charge < -0.3 is 0 Å². The lowest BCUT2D eigenvalue weighted by molar-refractivity contribution is 0.553. The van der Waals surface area contributed by atoms with Crippen molar-refractivity contribution >= 4 is 22.9 Å². The lowest BCUT2D eigenvalue weighted by Crippen LogP contribution is -2.29. The molecule has 1 aromatic heterocycles. The van der Waals surface area contributed by atoms with Gasteiger partial charge >= 0.3 is 0 Å². The number of halogens is 2. The van der Waals surface area contributed by atoms with Crippen LogP contribution in [0.5, 0.6) is 0 Å². The molecule has 1 unspecified atom stereocenters. The summed E-state index contributed by atoms with van der Waals surface area (Å²) in [6, 6.07) is 8.26. The standard InChI is InChI=1S/C12H12ClFN2S/c13-11-6-8(14)3-4-10(11)12(16-15)7-9-2-1-5-17-9/h1-6,12,16H,7,15H2. The molecule has 2 nitrogen and oxygen atoms in total. The minimum absolute atomic E-state index is 0.109. The monoisotopic (exact) mass is 270 g/mol. The van der Waals surface area contributed by atoms with Crippen LogP contribution in [-0.2, 0) is 6.42 Å². The number of nitrogens with one attached hydrogen (secondary N) is 1. The molecule has 0 spiro atoms. The summed E-state index contributed by atoms with van der Waals surface area (Å²) < 4.78 is 13.0. The molecule has 17 heavy (non-hydrogen) atoms. The summed E-state index contributed by atoms with van der Waals surface area (Å²) in [7, 11) is 0. The summed E-state index contributed by atoms with van der Waals surface area (Å²) in [5, 5.41) is 2.40. The molecule has 1 atom stereocenters. The van der Waals surface area contributed by atoms with Gasteiger partial charge in [0.15, 0.2) is 0 Å². The second-order valence-corrected chi connectivity index (χ2v) is 5.11. The van der Waals surface area contributed by atoms with Crippen molar-refractivity contribution in [1.82, 2.24) is 5.43 Å². The highest BCUT2D eigenvalue weighted by Gasteiger charge is 2.14. The van der Waals surface area contributed by atoms with Crippen molar-refractivity contribution in [1.29, 1.82) is 0 Å². The zero-order chi connectivity index (χ0) is 12.3. The highest BCUT2D eigenvalue weighted by Crippen LogP contribution is 2.27. The SMILES string of the molecule is NNC(Cc1cccs1)c1ccc(F)cc1Cl. The van der Waals surface area contributed by atoms with Gasteiger partial charge in [-0.15, -0.1) is 11.3 Å². The lowest BCUT2D eigenvalue weighted by atomic mass is 10.0. The van der Waals surface area contributed by atoms with Crippen LogP contribution in [0, 0.1) is 5.82 Å². The summed E-state index contributed by atoms with van der Waals surface area (Å²) >= 11 is 7.67. The third-order valence-electron chi connectivity index (χ3n) is 2.52. The maximum Gasteiger partial charge on any atom is 0.124 e. The first-order valence-electron chi connectivity index (χ1n) is 5.14. The predicted octanol–water partition coefficient (Wildman–Crippen LogP) is 3.29. The fraction of sp³-hybridized carbons (Fsp3) is 0.167. The van der Waals surface area contributed by atoms with Crippen LogP contribution in [0.4, 0.5) is 4.39 Å². The molecule has 0 aliphatic rings. The van der Waals surface area contributed by atoms with Crippen LogP contribution < -0.4 is 11.3 Å². The molecule has 5 heteroatoms. The van der Waals surface area contributed by atoms with E-state index in [1.165, 1.54) is 17.0 Å². The first-order chi connectivity index (χ1) is 8.20. The molecule has 90 valence electrons. The van der Waals surface area contributed by atoms with Gasteiger partial charge in [-0.3, -0.25) is 11.3 Å². The number of benzene rings is 1. The van der Waals surface area contributed by atoms with Gasteiger partial charge in [0, 0.05) is 16.3 Å². The summed E-state index contributed by atoms with van der Waals surface area (Å²) in [5.74, 6) is 5.19. The number of hydrogen-bond acceptors (Lipinski definition) is 3. The zero-order valence-electron chi connectivity index (χ0n) is 8.99. The van der Waals surface area contributed by atoms with Crippen LogP contribution in [0.25, 0.3) is 0 Å². The Bertz CT molecular complexity index is 487. The second kappa shape index (κ2) is 5.60. The molecule has 1 aromatic carbocycles. The normalized spacial score (nSPS) is 12.6. The highest BCUT2D eigenvalue weighted by atomic mass is 35.5. The van der Waals surface area contributed by atoms with E-state index in [2.05, 4.69) is 5.43 Å². The quantitative estimate of drug-likeness (QED) is 0.661. The van der Waals surface area contributed by atoms with Crippen LogP contribution in [0.15, 0.2) is 35.7 Å². The maximum absolute atomic E-state index is 13.0. The molecule has 2 aromatic rings. The van der Waals surface area contributed by atoms with Gasteiger partial charge in [-0.05, 0) is 29.1 Å². The predicted molar refractivity (Wildman–Crippen MR) is 69.5 cm³/mol. The number of hydrazine groups is 1. The van der Waals surface area contributed by atoms with Crippen LogP contribution in [0.2, 0.25) is 5.02 Å².